The van der Waals surface area contributed by atoms with Crippen LogP contribution in [-0.4, -0.2) is 27.5 Å². The number of alkyl halides is 3. The molecular weight excluding hydrogens is 299 g/mol. The van der Waals surface area contributed by atoms with Crippen LogP contribution in [0.4, 0.5) is 13.2 Å². The van der Waals surface area contributed by atoms with Crippen LogP contribution in [0.15, 0.2) is 36.9 Å². The molecule has 0 bridgehead atoms. The van der Waals surface area contributed by atoms with Gasteiger partial charge in [-0.3, -0.25) is 0 Å². The van der Waals surface area contributed by atoms with Crippen molar-refractivity contribution >= 4 is 0 Å². The third kappa shape index (κ3) is 2.84. The Bertz CT molecular complexity index is 628. The fourth-order valence-electron chi connectivity index (χ4n) is 2.41. The standard InChI is InChI=1S/C14H14F3N3O2/c1-10-6-21-13(22-10,7-20-9-18-8-19-20)11-2-4-12(5-3-11)14(15,16)17/h2-5,8-10H,6-7H2,1H3/t10-,13?/m0/s1. The third-order valence-corrected chi connectivity index (χ3v) is 3.43. The Hall–Kier alpha value is -1.93. The third-order valence-electron chi connectivity index (χ3n) is 3.43. The van der Waals surface area contributed by atoms with Crippen molar-refractivity contribution in [3.8, 4) is 0 Å². The Morgan fingerprint density at radius 3 is 2.55 bits per heavy atom. The number of benzene rings is 1. The molecule has 0 spiro atoms. The van der Waals surface area contributed by atoms with E-state index in [0.29, 0.717) is 12.2 Å². The van der Waals surface area contributed by atoms with Crippen molar-refractivity contribution in [2.24, 2.45) is 0 Å². The molecule has 1 unspecified atom stereocenters. The van der Waals surface area contributed by atoms with Crippen LogP contribution < -0.4 is 0 Å². The van der Waals surface area contributed by atoms with E-state index in [1.54, 1.807) is 0 Å². The minimum absolute atomic E-state index is 0.161. The monoisotopic (exact) mass is 313 g/mol. The van der Waals surface area contributed by atoms with Crippen LogP contribution in [0.2, 0.25) is 0 Å². The van der Waals surface area contributed by atoms with Crippen LogP contribution >= 0.6 is 0 Å². The molecule has 0 saturated carbocycles. The largest absolute Gasteiger partial charge is 0.416 e. The lowest BCUT2D eigenvalue weighted by atomic mass is 10.0. The quantitative estimate of drug-likeness (QED) is 0.874. The zero-order valence-electron chi connectivity index (χ0n) is 11.7. The molecule has 1 saturated heterocycles. The molecule has 0 amide bonds. The predicted molar refractivity (Wildman–Crippen MR) is 69.6 cm³/mol. The minimum Gasteiger partial charge on any atom is -0.342 e. The Labute approximate surface area is 124 Å². The van der Waals surface area contributed by atoms with Gasteiger partial charge in [0.2, 0.25) is 5.79 Å². The fraction of sp³-hybridized carbons (Fsp3) is 0.429. The van der Waals surface area contributed by atoms with Crippen LogP contribution in [0.25, 0.3) is 0 Å². The van der Waals surface area contributed by atoms with E-state index in [1.165, 1.54) is 29.5 Å². The number of nitrogens with zero attached hydrogens (tertiary/aromatic N) is 3. The van der Waals surface area contributed by atoms with E-state index < -0.39 is 17.5 Å². The highest BCUT2D eigenvalue weighted by molar-refractivity contribution is 5.28. The molecule has 2 atom stereocenters. The van der Waals surface area contributed by atoms with Gasteiger partial charge in [0.1, 0.15) is 19.2 Å². The summed E-state index contributed by atoms with van der Waals surface area (Å²) >= 11 is 0. The minimum atomic E-state index is -4.37. The van der Waals surface area contributed by atoms with Crippen LogP contribution in [0.3, 0.4) is 0 Å². The first kappa shape index (κ1) is 15.0. The van der Waals surface area contributed by atoms with Gasteiger partial charge < -0.3 is 9.47 Å². The topological polar surface area (TPSA) is 49.2 Å². The normalized spacial score (nSPS) is 25.5. The highest BCUT2D eigenvalue weighted by Crippen LogP contribution is 2.37. The van der Waals surface area contributed by atoms with Gasteiger partial charge in [0, 0.05) is 5.56 Å². The van der Waals surface area contributed by atoms with Gasteiger partial charge >= 0.3 is 6.18 Å². The molecule has 1 aromatic heterocycles. The Balaban J connectivity index is 1.93. The summed E-state index contributed by atoms with van der Waals surface area (Å²) in [5.41, 5.74) is -0.196. The van der Waals surface area contributed by atoms with Crippen molar-refractivity contribution in [1.82, 2.24) is 14.8 Å². The van der Waals surface area contributed by atoms with E-state index in [1.807, 2.05) is 6.92 Å². The summed E-state index contributed by atoms with van der Waals surface area (Å²) < 4.78 is 51.1. The summed E-state index contributed by atoms with van der Waals surface area (Å²) in [5, 5.41) is 4.00. The summed E-state index contributed by atoms with van der Waals surface area (Å²) in [4.78, 5) is 3.85. The maximum absolute atomic E-state index is 12.7. The number of aromatic nitrogens is 3. The smallest absolute Gasteiger partial charge is 0.342 e. The molecule has 1 fully saturated rings. The number of halogens is 3. The molecule has 0 aliphatic carbocycles. The molecular formula is C14H14F3N3O2. The molecule has 0 radical (unpaired) electrons. The van der Waals surface area contributed by atoms with Gasteiger partial charge in [-0.15, -0.1) is 0 Å². The number of hydrogen-bond donors (Lipinski definition) is 0. The average Bonchev–Trinajstić information content (AvgIpc) is 3.09. The first-order chi connectivity index (χ1) is 10.4. The van der Waals surface area contributed by atoms with E-state index in [0.717, 1.165) is 12.1 Å². The molecule has 2 aromatic rings. The van der Waals surface area contributed by atoms with E-state index >= 15 is 0 Å². The molecule has 1 aromatic carbocycles. The lowest BCUT2D eigenvalue weighted by molar-refractivity contribution is -0.187. The highest BCUT2D eigenvalue weighted by Gasteiger charge is 2.43. The first-order valence-corrected chi connectivity index (χ1v) is 6.71. The predicted octanol–water partition coefficient (Wildman–Crippen LogP) is 2.59. The highest BCUT2D eigenvalue weighted by atomic mass is 19.4. The summed E-state index contributed by atoms with van der Waals surface area (Å²) in [6.07, 6.45) is -1.66. The first-order valence-electron chi connectivity index (χ1n) is 6.71. The Morgan fingerprint density at radius 1 is 1.32 bits per heavy atom. The van der Waals surface area contributed by atoms with Gasteiger partial charge in [-0.2, -0.15) is 18.3 Å². The molecule has 0 N–H and O–H groups in total. The van der Waals surface area contributed by atoms with Crippen LogP contribution in [-0.2, 0) is 28.0 Å². The van der Waals surface area contributed by atoms with Crippen molar-refractivity contribution in [2.45, 2.75) is 31.5 Å². The van der Waals surface area contributed by atoms with E-state index in [4.69, 9.17) is 9.47 Å². The lowest BCUT2D eigenvalue weighted by Gasteiger charge is -2.28. The van der Waals surface area contributed by atoms with Gasteiger partial charge in [-0.25, -0.2) is 9.67 Å². The van der Waals surface area contributed by atoms with Gasteiger partial charge in [0.05, 0.1) is 18.3 Å². The molecule has 22 heavy (non-hydrogen) atoms. The molecule has 1 aliphatic heterocycles. The van der Waals surface area contributed by atoms with Crippen molar-refractivity contribution in [2.75, 3.05) is 6.61 Å². The zero-order chi connectivity index (χ0) is 15.8. The molecule has 118 valence electrons. The summed E-state index contributed by atoms with van der Waals surface area (Å²) in [7, 11) is 0. The van der Waals surface area contributed by atoms with Crippen molar-refractivity contribution in [3.63, 3.8) is 0 Å². The summed E-state index contributed by atoms with van der Waals surface area (Å²) in [5.74, 6) is -1.16. The number of hydrogen-bond acceptors (Lipinski definition) is 4. The van der Waals surface area contributed by atoms with Crippen LogP contribution in [0.1, 0.15) is 18.1 Å². The number of ether oxygens (including phenoxy) is 2. The Morgan fingerprint density at radius 2 is 2.05 bits per heavy atom. The number of rotatable bonds is 3. The molecule has 2 heterocycles. The maximum Gasteiger partial charge on any atom is 0.416 e. The summed E-state index contributed by atoms with van der Waals surface area (Å²) in [6, 6.07) is 4.79. The van der Waals surface area contributed by atoms with Crippen LogP contribution in [0, 0.1) is 0 Å². The second-order valence-electron chi connectivity index (χ2n) is 5.16. The second kappa shape index (κ2) is 5.36. The van der Waals surface area contributed by atoms with Crippen molar-refractivity contribution in [3.05, 3.63) is 48.0 Å². The molecule has 1 aliphatic rings. The van der Waals surface area contributed by atoms with E-state index in [2.05, 4.69) is 10.1 Å². The SMILES string of the molecule is C[C@H]1COC(Cn2cncn2)(c2ccc(C(F)(F)F)cc2)O1. The maximum atomic E-state index is 12.7. The van der Waals surface area contributed by atoms with Crippen LogP contribution in [0.5, 0.6) is 0 Å². The molecule has 3 rings (SSSR count). The van der Waals surface area contributed by atoms with Crippen molar-refractivity contribution < 1.29 is 22.6 Å². The van der Waals surface area contributed by atoms with E-state index in [9.17, 15) is 13.2 Å². The van der Waals surface area contributed by atoms with Crippen molar-refractivity contribution in [1.29, 1.82) is 0 Å². The Kier molecular flexibility index (Phi) is 3.65. The molecule has 8 heteroatoms. The summed E-state index contributed by atoms with van der Waals surface area (Å²) in [6.45, 7) is 2.41. The lowest BCUT2D eigenvalue weighted by Crippen LogP contribution is -2.33. The zero-order valence-corrected chi connectivity index (χ0v) is 11.7. The van der Waals surface area contributed by atoms with Gasteiger partial charge in [0.15, 0.2) is 0 Å². The fourth-order valence-corrected chi connectivity index (χ4v) is 2.41. The van der Waals surface area contributed by atoms with Gasteiger partial charge in [-0.1, -0.05) is 12.1 Å². The van der Waals surface area contributed by atoms with Gasteiger partial charge in [0.25, 0.3) is 0 Å². The average molecular weight is 313 g/mol. The van der Waals surface area contributed by atoms with Gasteiger partial charge in [-0.05, 0) is 19.1 Å². The second-order valence-corrected chi connectivity index (χ2v) is 5.16. The van der Waals surface area contributed by atoms with E-state index in [-0.39, 0.29) is 12.6 Å². The molecule has 5 nitrogen and oxygen atoms in total.